The Labute approximate surface area is 90.9 Å². The molecule has 0 amide bonds. The van der Waals surface area contributed by atoms with Gasteiger partial charge in [0.05, 0.1) is 6.61 Å². The molecule has 1 aliphatic rings. The quantitative estimate of drug-likeness (QED) is 0.804. The van der Waals surface area contributed by atoms with Crippen LogP contribution < -0.4 is 10.1 Å². The van der Waals surface area contributed by atoms with Gasteiger partial charge in [0, 0.05) is 13.1 Å². The van der Waals surface area contributed by atoms with Crippen LogP contribution in [0.25, 0.3) is 0 Å². The van der Waals surface area contributed by atoms with Crippen LogP contribution in [0.5, 0.6) is 5.88 Å². The van der Waals surface area contributed by atoms with Gasteiger partial charge >= 0.3 is 0 Å². The minimum atomic E-state index is 0.723. The Bertz CT molecular complexity index is 310. The summed E-state index contributed by atoms with van der Waals surface area (Å²) in [5.74, 6) is 2.48. The number of ether oxygens (including phenoxy) is 1. The molecule has 1 aliphatic carbocycles. The van der Waals surface area contributed by atoms with Crippen LogP contribution in [-0.2, 0) is 0 Å². The first-order chi connectivity index (χ1) is 7.38. The Morgan fingerprint density at radius 1 is 1.47 bits per heavy atom. The molecule has 3 heteroatoms. The molecule has 0 saturated heterocycles. The summed E-state index contributed by atoms with van der Waals surface area (Å²) in [6.07, 6.45) is 5.34. The smallest absolute Gasteiger partial charge is 0.215 e. The van der Waals surface area contributed by atoms with Crippen molar-refractivity contribution in [1.29, 1.82) is 0 Å². The SMILES string of the molecule is CNc1cccc(OCCC2CCC2)n1. The van der Waals surface area contributed by atoms with Gasteiger partial charge in [0.1, 0.15) is 5.82 Å². The van der Waals surface area contributed by atoms with E-state index in [4.69, 9.17) is 4.74 Å². The molecule has 1 N–H and O–H groups in total. The number of nitrogens with one attached hydrogen (secondary N) is 1. The largest absolute Gasteiger partial charge is 0.478 e. The van der Waals surface area contributed by atoms with E-state index in [2.05, 4.69) is 10.3 Å². The van der Waals surface area contributed by atoms with Gasteiger partial charge in [-0.15, -0.1) is 0 Å². The lowest BCUT2D eigenvalue weighted by atomic mass is 9.83. The Morgan fingerprint density at radius 2 is 2.33 bits per heavy atom. The summed E-state index contributed by atoms with van der Waals surface area (Å²) < 4.78 is 5.60. The van der Waals surface area contributed by atoms with Crippen molar-refractivity contribution < 1.29 is 4.74 Å². The standard InChI is InChI=1S/C12H18N2O/c1-13-11-6-3-7-12(14-11)15-9-8-10-4-2-5-10/h3,6-7,10H,2,4-5,8-9H2,1H3,(H,13,14). The van der Waals surface area contributed by atoms with E-state index in [0.29, 0.717) is 0 Å². The molecular weight excluding hydrogens is 188 g/mol. The normalized spacial score (nSPS) is 15.8. The summed E-state index contributed by atoms with van der Waals surface area (Å²) in [5.41, 5.74) is 0. The molecule has 0 bridgehead atoms. The highest BCUT2D eigenvalue weighted by Gasteiger charge is 2.16. The predicted molar refractivity (Wildman–Crippen MR) is 61.2 cm³/mol. The Kier molecular flexibility index (Phi) is 3.43. The average molecular weight is 206 g/mol. The molecule has 15 heavy (non-hydrogen) atoms. The maximum absolute atomic E-state index is 5.60. The molecule has 1 aromatic rings. The summed E-state index contributed by atoms with van der Waals surface area (Å²) in [7, 11) is 1.86. The lowest BCUT2D eigenvalue weighted by Crippen LogP contribution is -2.14. The van der Waals surface area contributed by atoms with E-state index in [1.165, 1.54) is 25.7 Å². The van der Waals surface area contributed by atoms with Crippen molar-refractivity contribution in [2.75, 3.05) is 19.0 Å². The summed E-state index contributed by atoms with van der Waals surface area (Å²) >= 11 is 0. The van der Waals surface area contributed by atoms with Crippen LogP contribution in [0.2, 0.25) is 0 Å². The van der Waals surface area contributed by atoms with Crippen molar-refractivity contribution in [3.8, 4) is 5.88 Å². The minimum Gasteiger partial charge on any atom is -0.478 e. The van der Waals surface area contributed by atoms with Gasteiger partial charge in [-0.1, -0.05) is 25.3 Å². The first-order valence-corrected chi connectivity index (χ1v) is 5.66. The van der Waals surface area contributed by atoms with Crippen molar-refractivity contribution in [3.05, 3.63) is 18.2 Å². The molecule has 0 unspecified atom stereocenters. The third kappa shape index (κ3) is 2.85. The van der Waals surface area contributed by atoms with E-state index in [1.807, 2.05) is 25.2 Å². The van der Waals surface area contributed by atoms with Gasteiger partial charge in [-0.2, -0.15) is 4.98 Å². The zero-order valence-electron chi connectivity index (χ0n) is 9.20. The van der Waals surface area contributed by atoms with Crippen molar-refractivity contribution >= 4 is 5.82 Å². The lowest BCUT2D eigenvalue weighted by Gasteiger charge is -2.24. The first-order valence-electron chi connectivity index (χ1n) is 5.66. The van der Waals surface area contributed by atoms with E-state index < -0.39 is 0 Å². The van der Waals surface area contributed by atoms with E-state index in [-0.39, 0.29) is 0 Å². The zero-order valence-corrected chi connectivity index (χ0v) is 9.20. The molecule has 0 aromatic carbocycles. The Morgan fingerprint density at radius 3 is 3.00 bits per heavy atom. The fraction of sp³-hybridized carbons (Fsp3) is 0.583. The summed E-state index contributed by atoms with van der Waals surface area (Å²) in [4.78, 5) is 4.30. The first kappa shape index (κ1) is 10.3. The molecule has 1 fully saturated rings. The molecule has 1 aromatic heterocycles. The van der Waals surface area contributed by atoms with Crippen molar-refractivity contribution in [1.82, 2.24) is 4.98 Å². The van der Waals surface area contributed by atoms with E-state index >= 15 is 0 Å². The van der Waals surface area contributed by atoms with Gasteiger partial charge in [-0.05, 0) is 18.4 Å². The fourth-order valence-corrected chi connectivity index (χ4v) is 1.75. The number of nitrogens with zero attached hydrogens (tertiary/aromatic N) is 1. The van der Waals surface area contributed by atoms with Crippen molar-refractivity contribution in [3.63, 3.8) is 0 Å². The van der Waals surface area contributed by atoms with Gasteiger partial charge in [-0.25, -0.2) is 0 Å². The maximum Gasteiger partial charge on any atom is 0.215 e. The van der Waals surface area contributed by atoms with Crippen LogP contribution in [0.3, 0.4) is 0 Å². The van der Waals surface area contributed by atoms with Gasteiger partial charge in [0.15, 0.2) is 0 Å². The van der Waals surface area contributed by atoms with Crippen LogP contribution in [0.15, 0.2) is 18.2 Å². The third-order valence-corrected chi connectivity index (χ3v) is 2.98. The predicted octanol–water partition coefficient (Wildman–Crippen LogP) is 2.69. The van der Waals surface area contributed by atoms with E-state index in [0.717, 1.165) is 24.2 Å². The lowest BCUT2D eigenvalue weighted by molar-refractivity contribution is 0.217. The van der Waals surface area contributed by atoms with E-state index in [1.54, 1.807) is 0 Å². The van der Waals surface area contributed by atoms with Gasteiger partial charge in [0.25, 0.3) is 0 Å². The molecule has 2 rings (SSSR count). The number of hydrogen-bond donors (Lipinski definition) is 1. The van der Waals surface area contributed by atoms with E-state index in [9.17, 15) is 0 Å². The molecule has 0 aliphatic heterocycles. The number of aromatic nitrogens is 1. The topological polar surface area (TPSA) is 34.1 Å². The summed E-state index contributed by atoms with van der Waals surface area (Å²) in [5, 5.41) is 3.00. The highest BCUT2D eigenvalue weighted by molar-refractivity contribution is 5.35. The van der Waals surface area contributed by atoms with Gasteiger partial charge < -0.3 is 10.1 Å². The minimum absolute atomic E-state index is 0.723. The Hall–Kier alpha value is -1.25. The molecule has 3 nitrogen and oxygen atoms in total. The molecule has 0 spiro atoms. The number of anilines is 1. The molecule has 82 valence electrons. The molecule has 0 radical (unpaired) electrons. The summed E-state index contributed by atoms with van der Waals surface area (Å²) in [6, 6.07) is 5.79. The Balaban J connectivity index is 1.76. The highest BCUT2D eigenvalue weighted by atomic mass is 16.5. The molecule has 0 atom stereocenters. The number of hydrogen-bond acceptors (Lipinski definition) is 3. The average Bonchev–Trinajstić information content (AvgIpc) is 2.22. The second-order valence-corrected chi connectivity index (χ2v) is 4.05. The fourth-order valence-electron chi connectivity index (χ4n) is 1.75. The second kappa shape index (κ2) is 5.01. The molecular formula is C12H18N2O. The number of pyridine rings is 1. The zero-order chi connectivity index (χ0) is 10.5. The molecule has 1 heterocycles. The van der Waals surface area contributed by atoms with Crippen molar-refractivity contribution in [2.24, 2.45) is 5.92 Å². The number of rotatable bonds is 5. The van der Waals surface area contributed by atoms with Gasteiger partial charge in [-0.3, -0.25) is 0 Å². The maximum atomic E-state index is 5.60. The highest BCUT2D eigenvalue weighted by Crippen LogP contribution is 2.29. The summed E-state index contributed by atoms with van der Waals surface area (Å²) in [6.45, 7) is 0.796. The molecule has 1 saturated carbocycles. The van der Waals surface area contributed by atoms with Crippen molar-refractivity contribution in [2.45, 2.75) is 25.7 Å². The van der Waals surface area contributed by atoms with Crippen LogP contribution in [0.4, 0.5) is 5.82 Å². The monoisotopic (exact) mass is 206 g/mol. The third-order valence-electron chi connectivity index (χ3n) is 2.98. The van der Waals surface area contributed by atoms with Gasteiger partial charge in [0.2, 0.25) is 5.88 Å². The van der Waals surface area contributed by atoms with Crippen LogP contribution in [0.1, 0.15) is 25.7 Å². The second-order valence-electron chi connectivity index (χ2n) is 4.05. The van der Waals surface area contributed by atoms with Crippen LogP contribution >= 0.6 is 0 Å². The van der Waals surface area contributed by atoms with Crippen LogP contribution in [0, 0.1) is 5.92 Å². The van der Waals surface area contributed by atoms with Crippen LogP contribution in [-0.4, -0.2) is 18.6 Å².